The van der Waals surface area contributed by atoms with Gasteiger partial charge in [0.25, 0.3) is 11.5 Å². The average Bonchev–Trinajstić information content (AvgIpc) is 3.37. The number of hydrogen-bond donors (Lipinski definition) is 2. The number of nitrogens with one attached hydrogen (secondary N) is 1. The molecular formula is C36H28IN3O6S. The van der Waals surface area contributed by atoms with E-state index < -0.39 is 12.0 Å². The zero-order chi connectivity index (χ0) is 33.1. The van der Waals surface area contributed by atoms with Gasteiger partial charge in [-0.2, -0.15) is 0 Å². The monoisotopic (exact) mass is 757 g/mol. The first-order valence-electron chi connectivity index (χ1n) is 14.5. The number of ether oxygens (including phenoxy) is 2. The summed E-state index contributed by atoms with van der Waals surface area (Å²) >= 11 is 3.40. The number of anilines is 1. The summed E-state index contributed by atoms with van der Waals surface area (Å²) in [5, 5.41) is 12.3. The minimum absolute atomic E-state index is 0.143. The van der Waals surface area contributed by atoms with E-state index in [4.69, 9.17) is 14.5 Å². The Hall–Kier alpha value is -5.01. The molecular weight excluding hydrogens is 729 g/mol. The lowest BCUT2D eigenvalue weighted by molar-refractivity contribution is -0.113. The molecule has 5 aromatic rings. The number of nitrogens with zero attached hydrogens (tertiary/aromatic N) is 2. The van der Waals surface area contributed by atoms with Crippen molar-refractivity contribution in [3.63, 3.8) is 0 Å². The Morgan fingerprint density at radius 3 is 2.45 bits per heavy atom. The van der Waals surface area contributed by atoms with Crippen molar-refractivity contribution in [2.75, 3.05) is 12.4 Å². The van der Waals surface area contributed by atoms with Crippen molar-refractivity contribution in [1.82, 2.24) is 4.57 Å². The molecule has 0 radical (unpaired) electrons. The molecule has 2 heterocycles. The Morgan fingerprint density at radius 1 is 1.02 bits per heavy atom. The zero-order valence-corrected chi connectivity index (χ0v) is 28.2. The predicted octanol–water partition coefficient (Wildman–Crippen LogP) is 5.76. The number of thiazole rings is 1. The van der Waals surface area contributed by atoms with E-state index in [9.17, 15) is 19.5 Å². The van der Waals surface area contributed by atoms with Gasteiger partial charge in [-0.05, 0) is 88.7 Å². The highest BCUT2D eigenvalue weighted by Gasteiger charge is 2.32. The average molecular weight is 758 g/mol. The fraction of sp³-hybridized carbons (Fsp3) is 0.111. The third-order valence-electron chi connectivity index (χ3n) is 7.52. The van der Waals surface area contributed by atoms with Crippen LogP contribution in [-0.4, -0.2) is 28.7 Å². The van der Waals surface area contributed by atoms with Crippen molar-refractivity contribution in [1.29, 1.82) is 0 Å². The third kappa shape index (κ3) is 6.76. The number of amides is 1. The molecule has 0 unspecified atom stereocenters. The Kier molecular flexibility index (Phi) is 9.36. The van der Waals surface area contributed by atoms with Gasteiger partial charge in [-0.25, -0.2) is 9.79 Å². The largest absolute Gasteiger partial charge is 0.493 e. The molecule has 9 nitrogen and oxygen atoms in total. The van der Waals surface area contributed by atoms with E-state index >= 15 is 0 Å². The van der Waals surface area contributed by atoms with E-state index in [1.165, 1.54) is 24.5 Å². The van der Waals surface area contributed by atoms with E-state index in [1.54, 1.807) is 41.8 Å². The van der Waals surface area contributed by atoms with Crippen LogP contribution in [0.5, 0.6) is 11.5 Å². The maximum atomic E-state index is 14.1. The number of halogens is 1. The van der Waals surface area contributed by atoms with E-state index in [-0.39, 0.29) is 23.6 Å². The molecule has 1 aromatic heterocycles. The Bertz CT molecular complexity index is 2210. The highest BCUT2D eigenvalue weighted by Crippen LogP contribution is 2.35. The number of benzene rings is 4. The van der Waals surface area contributed by atoms with Gasteiger partial charge in [-0.15, -0.1) is 0 Å². The van der Waals surface area contributed by atoms with Crippen LogP contribution in [0.3, 0.4) is 0 Å². The van der Waals surface area contributed by atoms with Crippen molar-refractivity contribution in [3.8, 4) is 11.5 Å². The minimum atomic E-state index is -1.01. The summed E-state index contributed by atoms with van der Waals surface area (Å²) in [6.07, 6.45) is 1.78. The number of fused-ring (bicyclic) bond motifs is 1. The number of aromatic carboxylic acids is 1. The lowest BCUT2D eigenvalue weighted by Crippen LogP contribution is -2.40. The minimum Gasteiger partial charge on any atom is -0.493 e. The van der Waals surface area contributed by atoms with Crippen LogP contribution in [-0.2, 0) is 11.4 Å². The van der Waals surface area contributed by atoms with Crippen LogP contribution in [0.4, 0.5) is 5.69 Å². The van der Waals surface area contributed by atoms with Crippen molar-refractivity contribution >= 4 is 57.6 Å². The number of methoxy groups -OCH3 is 1. The van der Waals surface area contributed by atoms with Crippen LogP contribution in [0, 0.1) is 3.57 Å². The Morgan fingerprint density at radius 2 is 1.74 bits per heavy atom. The van der Waals surface area contributed by atoms with Crippen LogP contribution < -0.4 is 29.7 Å². The highest BCUT2D eigenvalue weighted by molar-refractivity contribution is 14.1. The van der Waals surface area contributed by atoms with Crippen molar-refractivity contribution in [2.24, 2.45) is 4.99 Å². The molecule has 0 aliphatic carbocycles. The van der Waals surface area contributed by atoms with E-state index in [1.807, 2.05) is 66.7 Å². The molecule has 47 heavy (non-hydrogen) atoms. The lowest BCUT2D eigenvalue weighted by Gasteiger charge is -2.25. The van der Waals surface area contributed by atoms with E-state index in [0.717, 1.165) is 9.13 Å². The number of hydrogen-bond acceptors (Lipinski definition) is 7. The number of rotatable bonds is 9. The Balaban J connectivity index is 1.37. The van der Waals surface area contributed by atoms with Gasteiger partial charge in [0, 0.05) is 5.69 Å². The lowest BCUT2D eigenvalue weighted by atomic mass is 9.95. The van der Waals surface area contributed by atoms with E-state index in [0.29, 0.717) is 48.9 Å². The molecule has 2 N–H and O–H groups in total. The maximum Gasteiger partial charge on any atom is 0.335 e. The maximum absolute atomic E-state index is 14.1. The second-order valence-corrected chi connectivity index (χ2v) is 12.8. The Labute approximate surface area is 287 Å². The molecule has 6 rings (SSSR count). The smallest absolute Gasteiger partial charge is 0.335 e. The molecule has 4 aromatic carbocycles. The van der Waals surface area contributed by atoms with Gasteiger partial charge in [0.1, 0.15) is 6.61 Å². The topological polar surface area (TPSA) is 119 Å². The van der Waals surface area contributed by atoms with Gasteiger partial charge < -0.3 is 19.9 Å². The number of carbonyl (C=O) groups is 2. The summed E-state index contributed by atoms with van der Waals surface area (Å²) in [5.41, 5.74) is 3.69. The molecule has 1 aliphatic heterocycles. The molecule has 236 valence electrons. The number of carboxylic acids is 1. The second-order valence-electron chi connectivity index (χ2n) is 10.6. The molecule has 0 saturated heterocycles. The molecule has 1 aliphatic rings. The number of allylic oxidation sites excluding steroid dienone is 1. The molecule has 0 fully saturated rings. The van der Waals surface area contributed by atoms with Crippen LogP contribution >= 0.6 is 33.9 Å². The number of para-hydroxylation sites is 1. The fourth-order valence-electron chi connectivity index (χ4n) is 5.35. The molecule has 1 amide bonds. The standard InChI is InChI=1S/C36H28IN3O6S/c1-21-30(33(41)39-26-14-7-4-8-15-26)31(24-11-5-3-6-12-24)40-34(42)29(47-36(40)38-21)19-23-17-27(37)32(28(18-23)45-2)46-20-22-10-9-13-25(16-22)35(43)44/h3-19,31H,20H2,1-2H3,(H,39,41)(H,43,44)/b29-19-/t31-/m1/s1. The van der Waals surface area contributed by atoms with Crippen molar-refractivity contribution < 1.29 is 24.2 Å². The van der Waals surface area contributed by atoms with Crippen LogP contribution in [0.2, 0.25) is 0 Å². The molecule has 0 saturated carbocycles. The first-order chi connectivity index (χ1) is 22.7. The van der Waals surface area contributed by atoms with Crippen molar-refractivity contribution in [3.05, 3.63) is 154 Å². The molecule has 0 spiro atoms. The van der Waals surface area contributed by atoms with Gasteiger partial charge in [-0.3, -0.25) is 14.2 Å². The number of carboxylic acid groups (broad SMARTS) is 1. The van der Waals surface area contributed by atoms with Crippen LogP contribution in [0.1, 0.15) is 40.0 Å². The third-order valence-corrected chi connectivity index (χ3v) is 9.30. The fourth-order valence-corrected chi connectivity index (χ4v) is 7.17. The van der Waals surface area contributed by atoms with Gasteiger partial charge >= 0.3 is 5.97 Å². The summed E-state index contributed by atoms with van der Waals surface area (Å²) < 4.78 is 14.5. The van der Waals surface area contributed by atoms with Gasteiger partial charge in [0.05, 0.1) is 38.1 Å². The first-order valence-corrected chi connectivity index (χ1v) is 16.4. The highest BCUT2D eigenvalue weighted by atomic mass is 127. The summed E-state index contributed by atoms with van der Waals surface area (Å²) in [5.74, 6) is -0.375. The summed E-state index contributed by atoms with van der Waals surface area (Å²) in [6, 6.07) is 28.2. The second kappa shape index (κ2) is 13.8. The van der Waals surface area contributed by atoms with E-state index in [2.05, 4.69) is 27.9 Å². The molecule has 11 heteroatoms. The summed E-state index contributed by atoms with van der Waals surface area (Å²) in [7, 11) is 1.53. The number of carbonyl (C=O) groups excluding carboxylic acids is 1. The van der Waals surface area contributed by atoms with Gasteiger partial charge in [0.2, 0.25) is 0 Å². The molecule has 0 bridgehead atoms. The normalized spacial score (nSPS) is 14.3. The summed E-state index contributed by atoms with van der Waals surface area (Å²) in [4.78, 5) is 44.4. The van der Waals surface area contributed by atoms with Crippen molar-refractivity contribution in [2.45, 2.75) is 19.6 Å². The van der Waals surface area contributed by atoms with Crippen LogP contribution in [0.15, 0.2) is 118 Å². The summed E-state index contributed by atoms with van der Waals surface area (Å²) in [6.45, 7) is 1.93. The van der Waals surface area contributed by atoms with Crippen LogP contribution in [0.25, 0.3) is 6.08 Å². The first kappa shape index (κ1) is 32.0. The van der Waals surface area contributed by atoms with Gasteiger partial charge in [-0.1, -0.05) is 72.0 Å². The predicted molar refractivity (Wildman–Crippen MR) is 189 cm³/mol. The molecule has 1 atom stereocenters. The SMILES string of the molecule is COc1cc(/C=c2\sc3n(c2=O)[C@H](c2ccccc2)C(C(=O)Nc2ccccc2)=C(C)N=3)cc(I)c1OCc1cccc(C(=O)O)c1. The number of aromatic nitrogens is 1. The quantitative estimate of drug-likeness (QED) is 0.185. The zero-order valence-electron chi connectivity index (χ0n) is 25.3. The van der Waals surface area contributed by atoms with Gasteiger partial charge in [0.15, 0.2) is 16.3 Å².